The van der Waals surface area contributed by atoms with Crippen molar-refractivity contribution in [1.82, 2.24) is 0 Å². The number of phenolic OH excluding ortho intramolecular Hbond substituents is 1. The number of aromatic hydroxyl groups is 1. The van der Waals surface area contributed by atoms with Crippen molar-refractivity contribution >= 4 is 55.1 Å². The maximum atomic E-state index is 9.93. The van der Waals surface area contributed by atoms with E-state index in [1.807, 2.05) is 0 Å². The van der Waals surface area contributed by atoms with Crippen molar-refractivity contribution in [1.29, 1.82) is 0 Å². The topological polar surface area (TPSA) is 96.7 Å². The number of benzene rings is 2. The number of nitrogen functional groups attached to an aromatic ring is 2. The molecule has 0 saturated heterocycles. The third-order valence-corrected chi connectivity index (χ3v) is 3.66. The van der Waals surface area contributed by atoms with Gasteiger partial charge in [0.05, 0.1) is 21.5 Å². The number of nitrogens with two attached hydrogens (primary N) is 2. The monoisotopic (exact) mass is 398 g/mol. The first-order valence-corrected chi connectivity index (χ1v) is 7.18. The number of phenols is 1. The molecule has 0 heterocycles. The Labute approximate surface area is 132 Å². The van der Waals surface area contributed by atoms with E-state index in [1.165, 1.54) is 0 Å². The van der Waals surface area contributed by atoms with Crippen LogP contribution in [-0.2, 0) is 0 Å². The van der Waals surface area contributed by atoms with Gasteiger partial charge >= 0.3 is 0 Å². The molecular formula is C13H12Br2N4O. The molecule has 0 fully saturated rings. The molecule has 20 heavy (non-hydrogen) atoms. The highest BCUT2D eigenvalue weighted by molar-refractivity contribution is 9.11. The first-order valence-electron chi connectivity index (χ1n) is 5.59. The predicted molar refractivity (Wildman–Crippen MR) is 89.4 cm³/mol. The fraction of sp³-hybridized carbons (Fsp3) is 0. The predicted octanol–water partition coefficient (Wildman–Crippen LogP) is 3.54. The molecular weight excluding hydrogens is 388 g/mol. The number of hydrazine groups is 1. The second-order valence-corrected chi connectivity index (χ2v) is 5.77. The fourth-order valence-corrected chi connectivity index (χ4v) is 2.85. The largest absolute Gasteiger partial charge is 0.506 e. The summed E-state index contributed by atoms with van der Waals surface area (Å²) in [5.74, 6) is 5.44. The summed E-state index contributed by atoms with van der Waals surface area (Å²) in [6.45, 7) is 0. The summed E-state index contributed by atoms with van der Waals surface area (Å²) in [7, 11) is 0. The van der Waals surface area contributed by atoms with Crippen molar-refractivity contribution in [2.75, 3.05) is 11.2 Å². The summed E-state index contributed by atoms with van der Waals surface area (Å²) in [5, 5.41) is 9.93. The molecule has 2 rings (SSSR count). The highest BCUT2D eigenvalue weighted by Gasteiger charge is 2.05. The van der Waals surface area contributed by atoms with Crippen LogP contribution in [0.4, 0.5) is 17.1 Å². The van der Waals surface area contributed by atoms with Gasteiger partial charge in [0.1, 0.15) is 5.75 Å². The lowest BCUT2D eigenvalue weighted by Gasteiger charge is -2.05. The van der Waals surface area contributed by atoms with Crippen molar-refractivity contribution in [2.24, 2.45) is 10.8 Å². The van der Waals surface area contributed by atoms with Gasteiger partial charge in [-0.2, -0.15) is 0 Å². The smallest absolute Gasteiger partial charge is 0.138 e. The Morgan fingerprint density at radius 2 is 1.95 bits per heavy atom. The number of hydrogen-bond acceptors (Lipinski definition) is 5. The van der Waals surface area contributed by atoms with E-state index < -0.39 is 0 Å². The lowest BCUT2D eigenvalue weighted by Crippen LogP contribution is -2.08. The lowest BCUT2D eigenvalue weighted by atomic mass is 10.2. The zero-order chi connectivity index (χ0) is 14.7. The molecule has 6 N–H and O–H groups in total. The molecule has 0 radical (unpaired) electrons. The van der Waals surface area contributed by atoms with Gasteiger partial charge in [0.2, 0.25) is 0 Å². The summed E-state index contributed by atoms with van der Waals surface area (Å²) in [6, 6.07) is 8.72. The van der Waals surface area contributed by atoms with Crippen molar-refractivity contribution in [3.8, 4) is 5.75 Å². The van der Waals surface area contributed by atoms with Gasteiger partial charge in [-0.25, -0.2) is 0 Å². The van der Waals surface area contributed by atoms with E-state index in [9.17, 15) is 5.11 Å². The van der Waals surface area contributed by atoms with Crippen molar-refractivity contribution in [2.45, 2.75) is 0 Å². The summed E-state index contributed by atoms with van der Waals surface area (Å²) < 4.78 is 1.43. The summed E-state index contributed by atoms with van der Waals surface area (Å²) in [5.41, 5.74) is 10.7. The Bertz CT molecular complexity index is 674. The summed E-state index contributed by atoms with van der Waals surface area (Å²) in [6.07, 6.45) is 1.56. The van der Waals surface area contributed by atoms with E-state index >= 15 is 0 Å². The van der Waals surface area contributed by atoms with Gasteiger partial charge < -0.3 is 16.3 Å². The standard InChI is InChI=1S/C13H12Br2N4O/c14-8-3-7(13(20)10(15)4-8)6-18-9-1-2-12(19-17)11(16)5-9/h1-6,19-20H,16-17H2. The molecule has 0 saturated carbocycles. The molecule has 0 amide bonds. The average molecular weight is 400 g/mol. The minimum absolute atomic E-state index is 0.130. The number of rotatable bonds is 3. The van der Waals surface area contributed by atoms with Crippen LogP contribution >= 0.6 is 31.9 Å². The van der Waals surface area contributed by atoms with Gasteiger partial charge in [0.25, 0.3) is 0 Å². The Balaban J connectivity index is 2.32. The number of nitrogens with zero attached hydrogens (tertiary/aromatic N) is 1. The third-order valence-electron chi connectivity index (χ3n) is 2.60. The third kappa shape index (κ3) is 3.30. The normalized spacial score (nSPS) is 10.9. The van der Waals surface area contributed by atoms with Gasteiger partial charge in [-0.1, -0.05) is 15.9 Å². The zero-order valence-corrected chi connectivity index (χ0v) is 13.4. The Kier molecular flexibility index (Phi) is 4.64. The maximum Gasteiger partial charge on any atom is 0.138 e. The molecule has 0 atom stereocenters. The molecule has 0 unspecified atom stereocenters. The van der Waals surface area contributed by atoms with E-state index in [-0.39, 0.29) is 5.75 Å². The van der Waals surface area contributed by atoms with Crippen LogP contribution in [0.3, 0.4) is 0 Å². The van der Waals surface area contributed by atoms with Crippen molar-refractivity contribution in [3.63, 3.8) is 0 Å². The van der Waals surface area contributed by atoms with E-state index in [1.54, 1.807) is 36.5 Å². The van der Waals surface area contributed by atoms with E-state index in [4.69, 9.17) is 11.6 Å². The van der Waals surface area contributed by atoms with Crippen LogP contribution in [0.5, 0.6) is 5.75 Å². The number of nitrogens with one attached hydrogen (secondary N) is 1. The second-order valence-electron chi connectivity index (χ2n) is 4.00. The molecule has 5 nitrogen and oxygen atoms in total. The molecule has 0 aliphatic heterocycles. The molecule has 104 valence electrons. The lowest BCUT2D eigenvalue weighted by molar-refractivity contribution is 0.471. The van der Waals surface area contributed by atoms with Crippen molar-refractivity contribution < 1.29 is 5.11 Å². The highest BCUT2D eigenvalue weighted by atomic mass is 79.9. The minimum Gasteiger partial charge on any atom is -0.506 e. The summed E-state index contributed by atoms with van der Waals surface area (Å²) in [4.78, 5) is 4.28. The fourth-order valence-electron chi connectivity index (χ4n) is 1.59. The van der Waals surface area contributed by atoms with Gasteiger partial charge in [0, 0.05) is 16.3 Å². The van der Waals surface area contributed by atoms with Crippen LogP contribution in [-0.4, -0.2) is 11.3 Å². The van der Waals surface area contributed by atoms with Crippen LogP contribution in [0.15, 0.2) is 44.3 Å². The number of hydrogen-bond donors (Lipinski definition) is 4. The highest BCUT2D eigenvalue weighted by Crippen LogP contribution is 2.31. The molecule has 0 aliphatic rings. The maximum absolute atomic E-state index is 9.93. The SMILES string of the molecule is NNc1ccc(N=Cc2cc(Br)cc(Br)c2O)cc1N. The first-order chi connectivity index (χ1) is 9.51. The molecule has 0 bridgehead atoms. The van der Waals surface area contributed by atoms with Crippen molar-refractivity contribution in [3.05, 3.63) is 44.8 Å². The number of anilines is 2. The van der Waals surface area contributed by atoms with E-state index in [0.29, 0.717) is 27.1 Å². The number of aliphatic imine (C=N–C) groups is 1. The van der Waals surface area contributed by atoms with Crippen LogP contribution < -0.4 is 17.0 Å². The van der Waals surface area contributed by atoms with Crippen LogP contribution in [0, 0.1) is 0 Å². The summed E-state index contributed by atoms with van der Waals surface area (Å²) >= 11 is 6.63. The Morgan fingerprint density at radius 3 is 2.60 bits per heavy atom. The molecule has 0 spiro atoms. The molecule has 0 aromatic heterocycles. The Morgan fingerprint density at radius 1 is 1.20 bits per heavy atom. The van der Waals surface area contributed by atoms with Gasteiger partial charge in [-0.3, -0.25) is 10.8 Å². The first kappa shape index (κ1) is 14.8. The quantitative estimate of drug-likeness (QED) is 0.274. The molecule has 7 heteroatoms. The number of halogens is 2. The van der Waals surface area contributed by atoms with Gasteiger partial charge in [0.15, 0.2) is 0 Å². The minimum atomic E-state index is 0.130. The second kappa shape index (κ2) is 6.25. The van der Waals surface area contributed by atoms with Crippen LogP contribution in [0.2, 0.25) is 0 Å². The molecule has 2 aromatic carbocycles. The zero-order valence-electron chi connectivity index (χ0n) is 10.3. The molecule has 2 aromatic rings. The van der Waals surface area contributed by atoms with E-state index in [2.05, 4.69) is 42.3 Å². The average Bonchev–Trinajstić information content (AvgIpc) is 2.41. The van der Waals surface area contributed by atoms with Gasteiger partial charge in [-0.05, 0) is 46.3 Å². The Hall–Kier alpha value is -1.57. The van der Waals surface area contributed by atoms with Crippen LogP contribution in [0.25, 0.3) is 0 Å². The van der Waals surface area contributed by atoms with Crippen LogP contribution in [0.1, 0.15) is 5.56 Å². The molecule has 0 aliphatic carbocycles. The van der Waals surface area contributed by atoms with Gasteiger partial charge in [-0.15, -0.1) is 0 Å². The van der Waals surface area contributed by atoms with E-state index in [0.717, 1.165) is 4.47 Å².